The molecule has 0 aliphatic heterocycles. The van der Waals surface area contributed by atoms with Crippen molar-refractivity contribution in [2.75, 3.05) is 12.4 Å². The summed E-state index contributed by atoms with van der Waals surface area (Å²) in [7, 11) is 0. The Labute approximate surface area is 118 Å². The molecule has 1 nitrogen and oxygen atoms in total. The Hall–Kier alpha value is -0.310. The highest BCUT2D eigenvalue weighted by Crippen LogP contribution is 2.26. The number of hydrogen-bond acceptors (Lipinski definition) is 1. The van der Waals surface area contributed by atoms with Crippen LogP contribution in [0.15, 0.2) is 18.2 Å². The quantitative estimate of drug-likeness (QED) is 0.724. The molecule has 0 aromatic heterocycles. The Morgan fingerprint density at radius 2 is 2.00 bits per heavy atom. The first-order valence-electron chi connectivity index (χ1n) is 6.44. The van der Waals surface area contributed by atoms with Crippen LogP contribution in [0, 0.1) is 5.82 Å². The number of nitrogens with zero attached hydrogens (tertiary/aromatic N) is 1. The van der Waals surface area contributed by atoms with Crippen LogP contribution in [0.2, 0.25) is 5.02 Å². The lowest BCUT2D eigenvalue weighted by atomic mass is 10.1. The van der Waals surface area contributed by atoms with Gasteiger partial charge in [0.2, 0.25) is 0 Å². The van der Waals surface area contributed by atoms with Gasteiger partial charge in [0.25, 0.3) is 0 Å². The lowest BCUT2D eigenvalue weighted by Crippen LogP contribution is -2.34. The first kappa shape index (κ1) is 14.1. The molecule has 4 heteroatoms. The summed E-state index contributed by atoms with van der Waals surface area (Å²) in [4.78, 5) is 2.30. The number of benzene rings is 1. The Morgan fingerprint density at radius 1 is 1.28 bits per heavy atom. The van der Waals surface area contributed by atoms with Crippen LogP contribution in [0.3, 0.4) is 0 Å². The minimum atomic E-state index is -0.222. The normalized spacial score (nSPS) is 16.7. The second-order valence-corrected chi connectivity index (χ2v) is 5.65. The predicted molar refractivity (Wildman–Crippen MR) is 74.8 cm³/mol. The summed E-state index contributed by atoms with van der Waals surface area (Å²) in [6, 6.07) is 5.45. The highest BCUT2D eigenvalue weighted by atomic mass is 35.5. The van der Waals surface area contributed by atoms with E-state index < -0.39 is 0 Å². The molecule has 1 aromatic rings. The smallest absolute Gasteiger partial charge is 0.129 e. The van der Waals surface area contributed by atoms with Crippen molar-refractivity contribution in [3.63, 3.8) is 0 Å². The van der Waals surface area contributed by atoms with Gasteiger partial charge in [-0.05, 0) is 25.0 Å². The van der Waals surface area contributed by atoms with Gasteiger partial charge >= 0.3 is 0 Å². The molecule has 18 heavy (non-hydrogen) atoms. The van der Waals surface area contributed by atoms with Gasteiger partial charge in [0.05, 0.1) is 0 Å². The number of rotatable bonds is 5. The second kappa shape index (κ2) is 6.74. The monoisotopic (exact) mass is 289 g/mol. The molecule has 0 bridgehead atoms. The summed E-state index contributed by atoms with van der Waals surface area (Å²) in [5.41, 5.74) is 0.705. The molecule has 0 amide bonds. The van der Waals surface area contributed by atoms with Crippen molar-refractivity contribution in [2.24, 2.45) is 0 Å². The highest BCUT2D eigenvalue weighted by molar-refractivity contribution is 6.30. The van der Waals surface area contributed by atoms with Gasteiger partial charge in [0.15, 0.2) is 0 Å². The summed E-state index contributed by atoms with van der Waals surface area (Å²) >= 11 is 11.6. The van der Waals surface area contributed by atoms with E-state index in [0.29, 0.717) is 29.1 Å². The van der Waals surface area contributed by atoms with Crippen LogP contribution >= 0.6 is 23.2 Å². The molecule has 1 aliphatic carbocycles. The fraction of sp³-hybridized carbons (Fsp3) is 0.571. The van der Waals surface area contributed by atoms with Crippen LogP contribution in [0.25, 0.3) is 0 Å². The van der Waals surface area contributed by atoms with Gasteiger partial charge in [-0.2, -0.15) is 0 Å². The number of halogens is 3. The predicted octanol–water partition coefficient (Wildman–Crippen LogP) is 4.46. The van der Waals surface area contributed by atoms with Gasteiger partial charge < -0.3 is 0 Å². The molecule has 0 unspecified atom stereocenters. The van der Waals surface area contributed by atoms with E-state index in [0.717, 1.165) is 6.54 Å². The molecule has 2 rings (SSSR count). The van der Waals surface area contributed by atoms with Crippen molar-refractivity contribution in [3.8, 4) is 0 Å². The van der Waals surface area contributed by atoms with E-state index in [1.807, 2.05) is 0 Å². The van der Waals surface area contributed by atoms with E-state index in [4.69, 9.17) is 23.2 Å². The Morgan fingerprint density at radius 3 is 2.61 bits per heavy atom. The third kappa shape index (κ3) is 3.59. The van der Waals surface area contributed by atoms with Crippen LogP contribution in [-0.2, 0) is 6.54 Å². The largest absolute Gasteiger partial charge is 0.295 e. The zero-order valence-corrected chi connectivity index (χ0v) is 11.9. The standard InChI is InChI=1S/C14H18Cl2FN/c15-7-8-18(13-3-1-2-4-13)10-11-5-6-12(16)9-14(11)17/h5-6,9,13H,1-4,7-8,10H2. The van der Waals surface area contributed by atoms with Crippen LogP contribution in [0.4, 0.5) is 4.39 Å². The Bertz CT molecular complexity index is 391. The zero-order valence-electron chi connectivity index (χ0n) is 10.3. The van der Waals surface area contributed by atoms with Crippen LogP contribution < -0.4 is 0 Å². The van der Waals surface area contributed by atoms with Gasteiger partial charge in [0, 0.05) is 35.6 Å². The lowest BCUT2D eigenvalue weighted by molar-refractivity contribution is 0.199. The summed E-state index contributed by atoms with van der Waals surface area (Å²) in [6.07, 6.45) is 4.94. The molecule has 1 aliphatic rings. The van der Waals surface area contributed by atoms with Gasteiger partial charge in [-0.15, -0.1) is 11.6 Å². The molecule has 100 valence electrons. The van der Waals surface area contributed by atoms with Crippen molar-refractivity contribution in [1.29, 1.82) is 0 Å². The first-order valence-corrected chi connectivity index (χ1v) is 7.36. The van der Waals surface area contributed by atoms with Gasteiger partial charge in [0.1, 0.15) is 5.82 Å². The molecule has 0 spiro atoms. The summed E-state index contributed by atoms with van der Waals surface area (Å²) in [5.74, 6) is 0.367. The van der Waals surface area contributed by atoms with Crippen molar-refractivity contribution in [2.45, 2.75) is 38.3 Å². The van der Waals surface area contributed by atoms with Crippen molar-refractivity contribution in [1.82, 2.24) is 4.90 Å². The highest BCUT2D eigenvalue weighted by Gasteiger charge is 2.22. The second-order valence-electron chi connectivity index (χ2n) is 4.83. The van der Waals surface area contributed by atoms with E-state index in [1.54, 1.807) is 12.1 Å². The van der Waals surface area contributed by atoms with Crippen molar-refractivity contribution in [3.05, 3.63) is 34.6 Å². The topological polar surface area (TPSA) is 3.24 Å². The van der Waals surface area contributed by atoms with E-state index in [2.05, 4.69) is 4.90 Å². The van der Waals surface area contributed by atoms with E-state index >= 15 is 0 Å². The van der Waals surface area contributed by atoms with Gasteiger partial charge in [-0.25, -0.2) is 4.39 Å². The summed E-state index contributed by atoms with van der Waals surface area (Å²) < 4.78 is 13.8. The average molecular weight is 290 g/mol. The maximum absolute atomic E-state index is 13.8. The molecule has 0 atom stereocenters. The summed E-state index contributed by atoms with van der Waals surface area (Å²) in [6.45, 7) is 1.44. The lowest BCUT2D eigenvalue weighted by Gasteiger charge is -2.28. The molecule has 1 fully saturated rings. The molecule has 0 N–H and O–H groups in total. The SMILES string of the molecule is Fc1cc(Cl)ccc1CN(CCCl)C1CCCC1. The third-order valence-corrected chi connectivity index (χ3v) is 4.01. The molecule has 0 radical (unpaired) electrons. The Balaban J connectivity index is 2.07. The van der Waals surface area contributed by atoms with Crippen LogP contribution in [0.5, 0.6) is 0 Å². The minimum absolute atomic E-state index is 0.222. The van der Waals surface area contributed by atoms with E-state index in [1.165, 1.54) is 31.7 Å². The number of alkyl halides is 1. The van der Waals surface area contributed by atoms with Crippen LogP contribution in [-0.4, -0.2) is 23.4 Å². The van der Waals surface area contributed by atoms with Gasteiger partial charge in [-0.1, -0.05) is 30.5 Å². The first-order chi connectivity index (χ1) is 8.70. The molecular weight excluding hydrogens is 272 g/mol. The molecular formula is C14H18Cl2FN. The average Bonchev–Trinajstić information content (AvgIpc) is 2.85. The maximum atomic E-state index is 13.8. The Kier molecular flexibility index (Phi) is 5.28. The van der Waals surface area contributed by atoms with Crippen LogP contribution in [0.1, 0.15) is 31.2 Å². The molecule has 1 aromatic carbocycles. The fourth-order valence-electron chi connectivity index (χ4n) is 2.64. The molecule has 0 saturated heterocycles. The minimum Gasteiger partial charge on any atom is -0.295 e. The number of hydrogen-bond donors (Lipinski definition) is 0. The fourth-order valence-corrected chi connectivity index (χ4v) is 3.01. The van der Waals surface area contributed by atoms with E-state index in [-0.39, 0.29) is 5.82 Å². The zero-order chi connectivity index (χ0) is 13.0. The van der Waals surface area contributed by atoms with Crippen molar-refractivity contribution < 1.29 is 4.39 Å². The molecule has 0 heterocycles. The molecule has 1 saturated carbocycles. The van der Waals surface area contributed by atoms with E-state index in [9.17, 15) is 4.39 Å². The third-order valence-electron chi connectivity index (χ3n) is 3.60. The summed E-state index contributed by atoms with van der Waals surface area (Å²) in [5, 5.41) is 0.445. The maximum Gasteiger partial charge on any atom is 0.129 e. The van der Waals surface area contributed by atoms with Gasteiger partial charge in [-0.3, -0.25) is 4.90 Å². The van der Waals surface area contributed by atoms with Crippen molar-refractivity contribution >= 4 is 23.2 Å².